The van der Waals surface area contributed by atoms with E-state index in [9.17, 15) is 4.79 Å². The molecule has 0 radical (unpaired) electrons. The number of benzene rings is 2. The van der Waals surface area contributed by atoms with Gasteiger partial charge in [0.2, 0.25) is 0 Å². The minimum atomic E-state index is -0.104. The number of fused-ring (bicyclic) bond motifs is 3. The number of halogens is 1. The maximum Gasteiger partial charge on any atom is 0.259 e. The van der Waals surface area contributed by atoms with Crippen molar-refractivity contribution in [2.75, 3.05) is 0 Å². The van der Waals surface area contributed by atoms with Gasteiger partial charge in [-0.05, 0) is 31.2 Å². The Hall–Kier alpha value is -2.40. The molecule has 0 amide bonds. The van der Waals surface area contributed by atoms with Crippen molar-refractivity contribution in [1.82, 2.24) is 14.8 Å². The van der Waals surface area contributed by atoms with Crippen LogP contribution < -0.4 is 5.56 Å². The molecule has 0 saturated carbocycles. The zero-order chi connectivity index (χ0) is 15.3. The first-order chi connectivity index (χ1) is 10.6. The molecule has 4 rings (SSSR count). The molecule has 0 atom stereocenters. The average Bonchev–Trinajstić information content (AvgIpc) is 2.86. The molecule has 0 spiro atoms. The molecule has 4 aromatic rings. The molecule has 1 N–H and O–H groups in total. The van der Waals surface area contributed by atoms with E-state index < -0.39 is 0 Å². The van der Waals surface area contributed by atoms with Gasteiger partial charge in [0.1, 0.15) is 0 Å². The third-order valence-corrected chi connectivity index (χ3v) is 4.26. The standard InChI is InChI=1S/C17H12BrN3O/c1-10-15-16(13-7-2-3-8-14(13)19-17(15)22)21(20-10)12-6-4-5-11(18)9-12/h2-9H,1H3,(H,19,22). The van der Waals surface area contributed by atoms with E-state index in [0.717, 1.165) is 32.3 Å². The van der Waals surface area contributed by atoms with E-state index >= 15 is 0 Å². The Kier molecular flexibility index (Phi) is 2.90. The van der Waals surface area contributed by atoms with Gasteiger partial charge in [0.05, 0.1) is 27.8 Å². The largest absolute Gasteiger partial charge is 0.321 e. The van der Waals surface area contributed by atoms with Crippen LogP contribution in [0.15, 0.2) is 57.8 Å². The second-order valence-corrected chi connectivity index (χ2v) is 6.12. The zero-order valence-corrected chi connectivity index (χ0v) is 13.4. The van der Waals surface area contributed by atoms with Crippen molar-refractivity contribution >= 4 is 37.7 Å². The second-order valence-electron chi connectivity index (χ2n) is 5.20. The van der Waals surface area contributed by atoms with E-state index in [-0.39, 0.29) is 5.56 Å². The molecular formula is C17H12BrN3O. The smallest absolute Gasteiger partial charge is 0.259 e. The topological polar surface area (TPSA) is 50.7 Å². The third-order valence-electron chi connectivity index (χ3n) is 3.77. The van der Waals surface area contributed by atoms with Crippen LogP contribution in [-0.2, 0) is 0 Å². The van der Waals surface area contributed by atoms with Gasteiger partial charge in [0, 0.05) is 9.86 Å². The Morgan fingerprint density at radius 2 is 1.95 bits per heavy atom. The number of aromatic nitrogens is 3. The maximum atomic E-state index is 12.4. The first-order valence-corrected chi connectivity index (χ1v) is 7.71. The molecule has 2 aromatic heterocycles. The summed E-state index contributed by atoms with van der Waals surface area (Å²) < 4.78 is 2.81. The highest BCUT2D eigenvalue weighted by molar-refractivity contribution is 9.10. The summed E-state index contributed by atoms with van der Waals surface area (Å²) in [4.78, 5) is 15.3. The minimum absolute atomic E-state index is 0.104. The number of nitrogens with one attached hydrogen (secondary N) is 1. The van der Waals surface area contributed by atoms with E-state index in [2.05, 4.69) is 26.0 Å². The fraction of sp³-hybridized carbons (Fsp3) is 0.0588. The monoisotopic (exact) mass is 353 g/mol. The van der Waals surface area contributed by atoms with Gasteiger partial charge in [0.15, 0.2) is 0 Å². The number of pyridine rings is 1. The van der Waals surface area contributed by atoms with Crippen LogP contribution in [-0.4, -0.2) is 14.8 Å². The van der Waals surface area contributed by atoms with Crippen molar-refractivity contribution in [2.45, 2.75) is 6.92 Å². The quantitative estimate of drug-likeness (QED) is 0.563. The highest BCUT2D eigenvalue weighted by Crippen LogP contribution is 2.26. The van der Waals surface area contributed by atoms with Gasteiger partial charge >= 0.3 is 0 Å². The Bertz CT molecular complexity index is 1080. The fourth-order valence-electron chi connectivity index (χ4n) is 2.83. The molecule has 5 heteroatoms. The van der Waals surface area contributed by atoms with Crippen LogP contribution in [0, 0.1) is 6.92 Å². The van der Waals surface area contributed by atoms with Crippen LogP contribution in [0.2, 0.25) is 0 Å². The van der Waals surface area contributed by atoms with E-state index in [1.165, 1.54) is 0 Å². The molecule has 0 saturated heterocycles. The number of hydrogen-bond acceptors (Lipinski definition) is 2. The SMILES string of the molecule is Cc1nn(-c2cccc(Br)c2)c2c1c(=O)[nH]c1ccccc12. The minimum Gasteiger partial charge on any atom is -0.321 e. The Balaban J connectivity index is 2.23. The van der Waals surface area contributed by atoms with Gasteiger partial charge in [-0.3, -0.25) is 4.79 Å². The summed E-state index contributed by atoms with van der Waals surface area (Å²) in [6.07, 6.45) is 0. The van der Waals surface area contributed by atoms with Crippen LogP contribution in [0.25, 0.3) is 27.5 Å². The molecule has 4 nitrogen and oxygen atoms in total. The Labute approximate surface area is 134 Å². The molecule has 22 heavy (non-hydrogen) atoms. The summed E-state index contributed by atoms with van der Waals surface area (Å²) in [5.41, 5.74) is 3.20. The lowest BCUT2D eigenvalue weighted by Gasteiger charge is -2.06. The number of para-hydroxylation sites is 1. The molecule has 108 valence electrons. The highest BCUT2D eigenvalue weighted by atomic mass is 79.9. The Morgan fingerprint density at radius 3 is 2.77 bits per heavy atom. The van der Waals surface area contributed by atoms with E-state index in [0.29, 0.717) is 5.39 Å². The molecule has 2 aromatic carbocycles. The first kappa shape index (κ1) is 13.3. The van der Waals surface area contributed by atoms with Gasteiger partial charge in [-0.2, -0.15) is 5.10 Å². The van der Waals surface area contributed by atoms with Crippen molar-refractivity contribution in [2.24, 2.45) is 0 Å². The third kappa shape index (κ3) is 1.89. The predicted molar refractivity (Wildman–Crippen MR) is 91.6 cm³/mol. The van der Waals surface area contributed by atoms with Crippen LogP contribution >= 0.6 is 15.9 Å². The van der Waals surface area contributed by atoms with E-state index in [1.807, 2.05) is 60.1 Å². The van der Waals surface area contributed by atoms with Gasteiger partial charge in [-0.25, -0.2) is 4.68 Å². The second kappa shape index (κ2) is 4.81. The predicted octanol–water partition coefficient (Wildman–Crippen LogP) is 3.94. The normalized spacial score (nSPS) is 11.4. The summed E-state index contributed by atoms with van der Waals surface area (Å²) in [6, 6.07) is 15.7. The number of aromatic amines is 1. The number of aryl methyl sites for hydroxylation is 1. The van der Waals surface area contributed by atoms with Crippen LogP contribution in [0.1, 0.15) is 5.69 Å². The molecule has 0 unspecified atom stereocenters. The van der Waals surface area contributed by atoms with Crippen molar-refractivity contribution in [3.8, 4) is 5.69 Å². The molecule has 0 fully saturated rings. The lowest BCUT2D eigenvalue weighted by atomic mass is 10.1. The summed E-state index contributed by atoms with van der Waals surface area (Å²) in [5, 5.41) is 6.21. The molecule has 2 heterocycles. The lowest BCUT2D eigenvalue weighted by molar-refractivity contribution is 0.890. The molecular weight excluding hydrogens is 342 g/mol. The molecule has 0 aliphatic heterocycles. The molecule has 0 bridgehead atoms. The summed E-state index contributed by atoms with van der Waals surface area (Å²) in [5.74, 6) is 0. The lowest BCUT2D eigenvalue weighted by Crippen LogP contribution is -2.07. The van der Waals surface area contributed by atoms with Gasteiger partial charge in [0.25, 0.3) is 5.56 Å². The van der Waals surface area contributed by atoms with Gasteiger partial charge in [-0.15, -0.1) is 0 Å². The zero-order valence-electron chi connectivity index (χ0n) is 11.8. The molecule has 0 aliphatic carbocycles. The summed E-state index contributed by atoms with van der Waals surface area (Å²) in [7, 11) is 0. The van der Waals surface area contributed by atoms with Crippen molar-refractivity contribution in [1.29, 1.82) is 0 Å². The van der Waals surface area contributed by atoms with Crippen molar-refractivity contribution < 1.29 is 0 Å². The van der Waals surface area contributed by atoms with E-state index in [1.54, 1.807) is 0 Å². The van der Waals surface area contributed by atoms with E-state index in [4.69, 9.17) is 0 Å². The van der Waals surface area contributed by atoms with Crippen LogP contribution in [0.4, 0.5) is 0 Å². The van der Waals surface area contributed by atoms with Crippen molar-refractivity contribution in [3.63, 3.8) is 0 Å². The first-order valence-electron chi connectivity index (χ1n) is 6.91. The van der Waals surface area contributed by atoms with Gasteiger partial charge < -0.3 is 4.98 Å². The van der Waals surface area contributed by atoms with Crippen molar-refractivity contribution in [3.05, 3.63) is 69.1 Å². The summed E-state index contributed by atoms with van der Waals surface area (Å²) >= 11 is 3.49. The van der Waals surface area contributed by atoms with Crippen LogP contribution in [0.3, 0.4) is 0 Å². The number of nitrogens with zero attached hydrogens (tertiary/aromatic N) is 2. The number of rotatable bonds is 1. The molecule has 0 aliphatic rings. The summed E-state index contributed by atoms with van der Waals surface area (Å²) in [6.45, 7) is 1.86. The number of H-pyrrole nitrogens is 1. The average molecular weight is 354 g/mol. The maximum absolute atomic E-state index is 12.4. The number of hydrogen-bond donors (Lipinski definition) is 1. The van der Waals surface area contributed by atoms with Gasteiger partial charge in [-0.1, -0.05) is 40.2 Å². The van der Waals surface area contributed by atoms with Crippen LogP contribution in [0.5, 0.6) is 0 Å². The Morgan fingerprint density at radius 1 is 1.14 bits per heavy atom. The highest BCUT2D eigenvalue weighted by Gasteiger charge is 2.15. The fourth-order valence-corrected chi connectivity index (χ4v) is 3.21.